The van der Waals surface area contributed by atoms with Gasteiger partial charge in [-0.1, -0.05) is 12.1 Å². The Bertz CT molecular complexity index is 826. The molecule has 7 heteroatoms. The molecule has 0 aliphatic carbocycles. The fraction of sp³-hybridized carbons (Fsp3) is 0.389. The van der Waals surface area contributed by atoms with E-state index in [0.717, 1.165) is 16.9 Å². The van der Waals surface area contributed by atoms with Crippen molar-refractivity contribution in [1.29, 1.82) is 0 Å². The van der Waals surface area contributed by atoms with Crippen molar-refractivity contribution in [2.45, 2.75) is 44.7 Å². The molecule has 0 atom stereocenters. The van der Waals surface area contributed by atoms with E-state index < -0.39 is 10.0 Å². The summed E-state index contributed by atoms with van der Waals surface area (Å²) in [5.74, 6) is 1.42. The van der Waals surface area contributed by atoms with Gasteiger partial charge in [0.1, 0.15) is 22.1 Å². The SMILES string of the molecule is CNS(=O)(=O)c1ccc(NCc2ccc(C)cc2OC(C)(C)C)nc1. The Morgan fingerprint density at radius 3 is 2.44 bits per heavy atom. The predicted octanol–water partition coefficient (Wildman–Crippen LogP) is 3.09. The molecule has 1 heterocycles. The minimum Gasteiger partial charge on any atom is -0.488 e. The molecule has 0 unspecified atom stereocenters. The zero-order valence-electron chi connectivity index (χ0n) is 15.3. The number of nitrogens with one attached hydrogen (secondary N) is 2. The van der Waals surface area contributed by atoms with Gasteiger partial charge in [0.05, 0.1) is 0 Å². The lowest BCUT2D eigenvalue weighted by molar-refractivity contribution is 0.129. The first-order valence-electron chi connectivity index (χ1n) is 8.03. The summed E-state index contributed by atoms with van der Waals surface area (Å²) in [7, 11) is -2.10. The number of pyridine rings is 1. The van der Waals surface area contributed by atoms with E-state index in [4.69, 9.17) is 4.74 Å². The third kappa shape index (κ3) is 5.44. The van der Waals surface area contributed by atoms with E-state index >= 15 is 0 Å². The van der Waals surface area contributed by atoms with Crippen LogP contribution in [-0.2, 0) is 16.6 Å². The number of hydrogen-bond acceptors (Lipinski definition) is 5. The maximum absolute atomic E-state index is 11.7. The lowest BCUT2D eigenvalue weighted by Crippen LogP contribution is -2.24. The molecular formula is C18H25N3O3S. The zero-order valence-corrected chi connectivity index (χ0v) is 16.1. The number of benzene rings is 1. The van der Waals surface area contributed by atoms with Crippen LogP contribution in [0.25, 0.3) is 0 Å². The molecule has 0 amide bonds. The number of rotatable bonds is 6. The molecule has 2 N–H and O–H groups in total. The molecule has 0 radical (unpaired) electrons. The summed E-state index contributed by atoms with van der Waals surface area (Å²) in [5, 5.41) is 3.20. The van der Waals surface area contributed by atoms with Gasteiger partial charge in [0, 0.05) is 18.3 Å². The van der Waals surface area contributed by atoms with Crippen molar-refractivity contribution in [3.63, 3.8) is 0 Å². The Morgan fingerprint density at radius 1 is 1.16 bits per heavy atom. The van der Waals surface area contributed by atoms with E-state index in [2.05, 4.69) is 15.0 Å². The number of ether oxygens (including phenoxy) is 1. The first-order valence-corrected chi connectivity index (χ1v) is 9.51. The summed E-state index contributed by atoms with van der Waals surface area (Å²) < 4.78 is 31.7. The lowest BCUT2D eigenvalue weighted by Gasteiger charge is -2.24. The van der Waals surface area contributed by atoms with Crippen LogP contribution in [0.1, 0.15) is 31.9 Å². The van der Waals surface area contributed by atoms with Gasteiger partial charge in [-0.15, -0.1) is 0 Å². The molecule has 6 nitrogen and oxygen atoms in total. The minimum atomic E-state index is -3.47. The van der Waals surface area contributed by atoms with E-state index in [1.165, 1.54) is 19.3 Å². The fourth-order valence-corrected chi connectivity index (χ4v) is 2.85. The zero-order chi connectivity index (χ0) is 18.7. The van der Waals surface area contributed by atoms with Gasteiger partial charge in [0.25, 0.3) is 0 Å². The van der Waals surface area contributed by atoms with Crippen LogP contribution in [-0.4, -0.2) is 26.1 Å². The van der Waals surface area contributed by atoms with Crippen LogP contribution in [0.2, 0.25) is 0 Å². The molecule has 0 saturated heterocycles. The maximum Gasteiger partial charge on any atom is 0.241 e. The van der Waals surface area contributed by atoms with Crippen LogP contribution in [0.4, 0.5) is 5.82 Å². The molecule has 1 aromatic heterocycles. The normalized spacial score (nSPS) is 12.0. The average molecular weight is 363 g/mol. The summed E-state index contributed by atoms with van der Waals surface area (Å²) in [6.45, 7) is 8.57. The highest BCUT2D eigenvalue weighted by Gasteiger charge is 2.15. The standard InChI is InChI=1S/C18H25N3O3S/c1-13-6-7-14(16(10-13)24-18(2,3)4)11-20-17-9-8-15(12-21-17)25(22,23)19-5/h6-10,12,19H,11H2,1-5H3,(H,20,21). The van der Waals surface area contributed by atoms with Crippen LogP contribution in [0, 0.1) is 6.92 Å². The summed E-state index contributed by atoms with van der Waals surface area (Å²) in [4.78, 5) is 4.29. The monoisotopic (exact) mass is 363 g/mol. The van der Waals surface area contributed by atoms with Gasteiger partial charge < -0.3 is 10.1 Å². The second kappa shape index (κ2) is 7.41. The van der Waals surface area contributed by atoms with Crippen molar-refractivity contribution in [3.8, 4) is 5.75 Å². The summed E-state index contributed by atoms with van der Waals surface area (Å²) >= 11 is 0. The highest BCUT2D eigenvalue weighted by molar-refractivity contribution is 7.89. The highest BCUT2D eigenvalue weighted by Crippen LogP contribution is 2.25. The van der Waals surface area contributed by atoms with E-state index in [-0.39, 0.29) is 10.5 Å². The minimum absolute atomic E-state index is 0.132. The molecule has 0 aliphatic heterocycles. The third-order valence-electron chi connectivity index (χ3n) is 3.41. The molecule has 0 bridgehead atoms. The topological polar surface area (TPSA) is 80.3 Å². The van der Waals surface area contributed by atoms with Crippen molar-refractivity contribution in [2.24, 2.45) is 0 Å². The van der Waals surface area contributed by atoms with Gasteiger partial charge in [-0.2, -0.15) is 0 Å². The molecule has 2 aromatic rings. The molecule has 25 heavy (non-hydrogen) atoms. The molecule has 2 rings (SSSR count). The van der Waals surface area contributed by atoms with Crippen LogP contribution < -0.4 is 14.8 Å². The van der Waals surface area contributed by atoms with Crippen molar-refractivity contribution in [1.82, 2.24) is 9.71 Å². The maximum atomic E-state index is 11.7. The second-order valence-corrected chi connectivity index (χ2v) is 8.65. The number of aromatic nitrogens is 1. The van der Waals surface area contributed by atoms with Gasteiger partial charge in [0.2, 0.25) is 10.0 Å². The average Bonchev–Trinajstić information content (AvgIpc) is 2.53. The fourth-order valence-electron chi connectivity index (χ4n) is 2.18. The third-order valence-corrected chi connectivity index (χ3v) is 4.81. The van der Waals surface area contributed by atoms with Crippen molar-refractivity contribution in [3.05, 3.63) is 47.7 Å². The Hall–Kier alpha value is -2.12. The predicted molar refractivity (Wildman–Crippen MR) is 99.4 cm³/mol. The van der Waals surface area contributed by atoms with Crippen LogP contribution in [0.15, 0.2) is 41.4 Å². The molecule has 136 valence electrons. The number of sulfonamides is 1. The molecule has 0 saturated carbocycles. The molecule has 0 spiro atoms. The second-order valence-electron chi connectivity index (χ2n) is 6.77. The van der Waals surface area contributed by atoms with Crippen LogP contribution in [0.3, 0.4) is 0 Å². The first kappa shape index (κ1) is 19.2. The van der Waals surface area contributed by atoms with Gasteiger partial charge in [-0.05, 0) is 58.5 Å². The van der Waals surface area contributed by atoms with Gasteiger partial charge >= 0.3 is 0 Å². The molecular weight excluding hydrogens is 338 g/mol. The van der Waals surface area contributed by atoms with Crippen LogP contribution in [0.5, 0.6) is 5.75 Å². The van der Waals surface area contributed by atoms with E-state index in [1.54, 1.807) is 6.07 Å². The summed E-state index contributed by atoms with van der Waals surface area (Å²) in [6, 6.07) is 9.22. The number of nitrogens with zero attached hydrogens (tertiary/aromatic N) is 1. The Labute approximate surface area is 149 Å². The van der Waals surface area contributed by atoms with Crippen molar-refractivity contribution in [2.75, 3.05) is 12.4 Å². The molecule has 0 aliphatic rings. The Morgan fingerprint density at radius 2 is 1.88 bits per heavy atom. The first-order chi connectivity index (χ1) is 11.6. The van der Waals surface area contributed by atoms with Crippen LogP contribution >= 0.6 is 0 Å². The van der Waals surface area contributed by atoms with E-state index in [1.807, 2.05) is 45.9 Å². The molecule has 1 aromatic carbocycles. The van der Waals surface area contributed by atoms with Crippen molar-refractivity contribution < 1.29 is 13.2 Å². The summed E-state index contributed by atoms with van der Waals surface area (Å²) in [5.41, 5.74) is 1.85. The largest absolute Gasteiger partial charge is 0.488 e. The quantitative estimate of drug-likeness (QED) is 0.824. The number of anilines is 1. The van der Waals surface area contributed by atoms with Crippen molar-refractivity contribution >= 4 is 15.8 Å². The highest BCUT2D eigenvalue weighted by atomic mass is 32.2. The smallest absolute Gasteiger partial charge is 0.241 e. The van der Waals surface area contributed by atoms with Gasteiger partial charge in [-0.3, -0.25) is 0 Å². The Kier molecular flexibility index (Phi) is 5.69. The number of aryl methyl sites for hydroxylation is 1. The lowest BCUT2D eigenvalue weighted by atomic mass is 10.1. The van der Waals surface area contributed by atoms with Gasteiger partial charge in [-0.25, -0.2) is 18.1 Å². The summed E-state index contributed by atoms with van der Waals surface area (Å²) in [6.07, 6.45) is 1.33. The number of hydrogen-bond donors (Lipinski definition) is 2. The molecule has 0 fully saturated rings. The van der Waals surface area contributed by atoms with Gasteiger partial charge in [0.15, 0.2) is 0 Å². The Balaban J connectivity index is 2.14. The van der Waals surface area contributed by atoms with E-state index in [9.17, 15) is 8.42 Å². The van der Waals surface area contributed by atoms with E-state index in [0.29, 0.717) is 12.4 Å².